The molecule has 7 nitrogen and oxygen atoms in total. The summed E-state index contributed by atoms with van der Waals surface area (Å²) in [4.78, 5) is 26.9. The summed E-state index contributed by atoms with van der Waals surface area (Å²) >= 11 is 6.11. The lowest BCUT2D eigenvalue weighted by Gasteiger charge is -2.27. The van der Waals surface area contributed by atoms with E-state index in [1.807, 2.05) is 42.5 Å². The van der Waals surface area contributed by atoms with Crippen molar-refractivity contribution >= 4 is 29.1 Å². The minimum Gasteiger partial charge on any atom is -0.485 e. The number of rotatable bonds is 6. The van der Waals surface area contributed by atoms with Gasteiger partial charge in [-0.2, -0.15) is 0 Å². The number of hydrogen-bond acceptors (Lipinski definition) is 5. The number of carbonyl (C=O) groups excluding carboxylic acids is 2. The summed E-state index contributed by atoms with van der Waals surface area (Å²) in [6.07, 6.45) is 3.18. The summed E-state index contributed by atoms with van der Waals surface area (Å²) in [7, 11) is 0. The maximum Gasteiger partial charge on any atom is 0.243 e. The Hall–Kier alpha value is -3.58. The lowest BCUT2D eigenvalue weighted by Crippen LogP contribution is -2.31. The van der Waals surface area contributed by atoms with Gasteiger partial charge in [0.15, 0.2) is 0 Å². The van der Waals surface area contributed by atoms with E-state index >= 15 is 0 Å². The lowest BCUT2D eigenvalue weighted by atomic mass is 9.97. The molecule has 2 heterocycles. The standard InChI is InChI=1S/C24H22ClN3O4/c1-15(29)26-14-23(30)28-19-6-10-24(27-13-19)31-20-7-9-22-17(12-20)5-8-21(32-22)16-3-2-4-18(25)11-16/h2-4,6-7,9-13,21H,5,8,14H2,1H3,(H,26,29)(H,28,30). The first-order valence-corrected chi connectivity index (χ1v) is 10.6. The maximum absolute atomic E-state index is 11.8. The molecule has 1 aliphatic heterocycles. The predicted octanol–water partition coefficient (Wildman–Crippen LogP) is 4.67. The van der Waals surface area contributed by atoms with Gasteiger partial charge in [0.2, 0.25) is 17.7 Å². The third-order valence-electron chi connectivity index (χ3n) is 4.94. The summed E-state index contributed by atoms with van der Waals surface area (Å²) in [6.45, 7) is 1.26. The third kappa shape index (κ3) is 5.56. The average Bonchev–Trinajstić information content (AvgIpc) is 2.79. The van der Waals surface area contributed by atoms with Crippen LogP contribution >= 0.6 is 11.6 Å². The van der Waals surface area contributed by atoms with E-state index in [1.54, 1.807) is 12.1 Å². The minimum absolute atomic E-state index is 0.0250. The zero-order valence-electron chi connectivity index (χ0n) is 17.4. The quantitative estimate of drug-likeness (QED) is 0.568. The molecule has 4 rings (SSSR count). The largest absolute Gasteiger partial charge is 0.485 e. The van der Waals surface area contributed by atoms with Gasteiger partial charge in [-0.3, -0.25) is 9.59 Å². The van der Waals surface area contributed by atoms with Crippen LogP contribution in [0.3, 0.4) is 0 Å². The molecule has 0 radical (unpaired) electrons. The highest BCUT2D eigenvalue weighted by molar-refractivity contribution is 6.30. The van der Waals surface area contributed by atoms with Crippen LogP contribution in [0.5, 0.6) is 17.4 Å². The smallest absolute Gasteiger partial charge is 0.243 e. The Bertz CT molecular complexity index is 1130. The average molecular weight is 452 g/mol. The van der Waals surface area contributed by atoms with Crippen molar-refractivity contribution in [1.82, 2.24) is 10.3 Å². The van der Waals surface area contributed by atoms with Crippen LogP contribution in [0.15, 0.2) is 60.8 Å². The van der Waals surface area contributed by atoms with E-state index in [0.717, 1.165) is 29.7 Å². The fraction of sp³-hybridized carbons (Fsp3) is 0.208. The molecule has 2 amide bonds. The van der Waals surface area contributed by atoms with Gasteiger partial charge < -0.3 is 20.1 Å². The normalized spacial score (nSPS) is 14.6. The van der Waals surface area contributed by atoms with Crippen LogP contribution in [-0.4, -0.2) is 23.3 Å². The molecule has 2 N–H and O–H groups in total. The number of aryl methyl sites for hydroxylation is 1. The highest BCUT2D eigenvalue weighted by atomic mass is 35.5. The molecule has 0 saturated carbocycles. The summed E-state index contributed by atoms with van der Waals surface area (Å²) in [5.41, 5.74) is 2.65. The zero-order chi connectivity index (χ0) is 22.5. The second-order valence-corrected chi connectivity index (χ2v) is 7.85. The van der Waals surface area contributed by atoms with Gasteiger partial charge in [0.1, 0.15) is 17.6 Å². The van der Waals surface area contributed by atoms with Crippen molar-refractivity contribution in [2.24, 2.45) is 0 Å². The molecule has 1 atom stereocenters. The molecule has 8 heteroatoms. The summed E-state index contributed by atoms with van der Waals surface area (Å²) in [5, 5.41) is 5.79. The topological polar surface area (TPSA) is 89.6 Å². The molecule has 1 unspecified atom stereocenters. The van der Waals surface area contributed by atoms with Crippen molar-refractivity contribution in [2.75, 3.05) is 11.9 Å². The monoisotopic (exact) mass is 451 g/mol. The van der Waals surface area contributed by atoms with Gasteiger partial charge in [-0.15, -0.1) is 0 Å². The molecular formula is C24H22ClN3O4. The van der Waals surface area contributed by atoms with E-state index in [0.29, 0.717) is 22.3 Å². The SMILES string of the molecule is CC(=O)NCC(=O)Nc1ccc(Oc2ccc3c(c2)CCC(c2cccc(Cl)c2)O3)nc1. The second-order valence-electron chi connectivity index (χ2n) is 7.41. The molecule has 0 spiro atoms. The van der Waals surface area contributed by atoms with Crippen molar-refractivity contribution < 1.29 is 19.1 Å². The Labute approximate surface area is 190 Å². The number of carbonyl (C=O) groups is 2. The first-order chi connectivity index (χ1) is 15.5. The summed E-state index contributed by atoms with van der Waals surface area (Å²) < 4.78 is 12.0. The van der Waals surface area contributed by atoms with Crippen LogP contribution in [0.2, 0.25) is 5.02 Å². The molecule has 0 fully saturated rings. The Morgan fingerprint density at radius 3 is 2.81 bits per heavy atom. The highest BCUT2D eigenvalue weighted by Crippen LogP contribution is 2.37. The molecular weight excluding hydrogens is 430 g/mol. The molecule has 164 valence electrons. The molecule has 3 aromatic rings. The van der Waals surface area contributed by atoms with E-state index in [1.165, 1.54) is 13.1 Å². The van der Waals surface area contributed by atoms with E-state index in [-0.39, 0.29) is 24.5 Å². The van der Waals surface area contributed by atoms with Gasteiger partial charge in [-0.1, -0.05) is 23.7 Å². The fourth-order valence-electron chi connectivity index (χ4n) is 3.42. The van der Waals surface area contributed by atoms with Crippen molar-refractivity contribution in [3.8, 4) is 17.4 Å². The number of ether oxygens (including phenoxy) is 2. The van der Waals surface area contributed by atoms with E-state index < -0.39 is 0 Å². The molecule has 0 aliphatic carbocycles. The van der Waals surface area contributed by atoms with E-state index in [2.05, 4.69) is 15.6 Å². The van der Waals surface area contributed by atoms with Crippen LogP contribution in [0.1, 0.15) is 30.6 Å². The van der Waals surface area contributed by atoms with Gasteiger partial charge in [-0.25, -0.2) is 4.98 Å². The number of amides is 2. The lowest BCUT2D eigenvalue weighted by molar-refractivity contribution is -0.122. The first kappa shape index (κ1) is 21.6. The number of fused-ring (bicyclic) bond motifs is 1. The highest BCUT2D eigenvalue weighted by Gasteiger charge is 2.22. The fourth-order valence-corrected chi connectivity index (χ4v) is 3.61. The number of anilines is 1. The molecule has 2 aromatic carbocycles. The number of nitrogens with zero attached hydrogens (tertiary/aromatic N) is 1. The molecule has 1 aliphatic rings. The predicted molar refractivity (Wildman–Crippen MR) is 121 cm³/mol. The number of pyridine rings is 1. The maximum atomic E-state index is 11.8. The van der Waals surface area contributed by atoms with Crippen LogP contribution in [0.25, 0.3) is 0 Å². The van der Waals surface area contributed by atoms with Crippen molar-refractivity contribution in [3.05, 3.63) is 76.9 Å². The molecule has 0 bridgehead atoms. The van der Waals surface area contributed by atoms with Gasteiger partial charge >= 0.3 is 0 Å². The molecule has 1 aromatic heterocycles. The Kier molecular flexibility index (Phi) is 6.56. The number of hydrogen-bond donors (Lipinski definition) is 2. The van der Waals surface area contributed by atoms with Crippen LogP contribution in [-0.2, 0) is 16.0 Å². The molecule has 32 heavy (non-hydrogen) atoms. The Morgan fingerprint density at radius 2 is 2.06 bits per heavy atom. The number of benzene rings is 2. The zero-order valence-corrected chi connectivity index (χ0v) is 18.2. The summed E-state index contributed by atoms with van der Waals surface area (Å²) in [5.74, 6) is 1.29. The van der Waals surface area contributed by atoms with Crippen LogP contribution < -0.4 is 20.1 Å². The summed E-state index contributed by atoms with van der Waals surface area (Å²) in [6, 6.07) is 16.8. The van der Waals surface area contributed by atoms with Crippen LogP contribution in [0, 0.1) is 0 Å². The van der Waals surface area contributed by atoms with E-state index in [4.69, 9.17) is 21.1 Å². The number of halogens is 1. The Balaban J connectivity index is 1.37. The van der Waals surface area contributed by atoms with Gasteiger partial charge in [0.05, 0.1) is 18.4 Å². The Morgan fingerprint density at radius 1 is 1.19 bits per heavy atom. The van der Waals surface area contributed by atoms with E-state index in [9.17, 15) is 9.59 Å². The molecule has 0 saturated heterocycles. The van der Waals surface area contributed by atoms with Gasteiger partial charge in [0, 0.05) is 18.0 Å². The van der Waals surface area contributed by atoms with Gasteiger partial charge in [-0.05, 0) is 60.4 Å². The van der Waals surface area contributed by atoms with Crippen molar-refractivity contribution in [2.45, 2.75) is 25.9 Å². The first-order valence-electron chi connectivity index (χ1n) is 10.2. The van der Waals surface area contributed by atoms with Crippen LogP contribution in [0.4, 0.5) is 5.69 Å². The number of aromatic nitrogens is 1. The number of nitrogens with one attached hydrogen (secondary N) is 2. The third-order valence-corrected chi connectivity index (χ3v) is 5.17. The van der Waals surface area contributed by atoms with Crippen molar-refractivity contribution in [3.63, 3.8) is 0 Å². The van der Waals surface area contributed by atoms with Crippen molar-refractivity contribution in [1.29, 1.82) is 0 Å². The van der Waals surface area contributed by atoms with Gasteiger partial charge in [0.25, 0.3) is 0 Å². The minimum atomic E-state index is -0.332. The second kappa shape index (κ2) is 9.70.